The van der Waals surface area contributed by atoms with Crippen LogP contribution in [0.2, 0.25) is 0 Å². The van der Waals surface area contributed by atoms with Gasteiger partial charge in [-0.25, -0.2) is 8.42 Å². The fraction of sp³-hybridized carbons (Fsp3) is 0.458. The second-order valence-electron chi connectivity index (χ2n) is 8.47. The van der Waals surface area contributed by atoms with Crippen LogP contribution in [0.5, 0.6) is 0 Å². The topological polar surface area (TPSA) is 60.9 Å². The van der Waals surface area contributed by atoms with Gasteiger partial charge < -0.3 is 9.80 Å². The van der Waals surface area contributed by atoms with Crippen LogP contribution in [0, 0.1) is 13.8 Å². The second kappa shape index (κ2) is 8.63. The molecule has 1 saturated heterocycles. The van der Waals surface area contributed by atoms with Crippen molar-refractivity contribution in [3.05, 3.63) is 64.7 Å². The summed E-state index contributed by atoms with van der Waals surface area (Å²) in [6.45, 7) is 8.86. The van der Waals surface area contributed by atoms with Gasteiger partial charge in [-0.1, -0.05) is 36.4 Å². The Morgan fingerprint density at radius 2 is 1.65 bits per heavy atom. The van der Waals surface area contributed by atoms with Crippen LogP contribution in [0.1, 0.15) is 29.2 Å². The summed E-state index contributed by atoms with van der Waals surface area (Å²) < 4.78 is 27.1. The molecule has 0 saturated carbocycles. The predicted molar refractivity (Wildman–Crippen MR) is 124 cm³/mol. The average Bonchev–Trinajstić information content (AvgIpc) is 2.79. The molecule has 4 rings (SSSR count). The number of fused-ring (bicyclic) bond motifs is 1. The van der Waals surface area contributed by atoms with Gasteiger partial charge in [-0.15, -0.1) is 0 Å². The van der Waals surface area contributed by atoms with Crippen molar-refractivity contribution in [3.63, 3.8) is 0 Å². The van der Waals surface area contributed by atoms with Gasteiger partial charge in [0.2, 0.25) is 15.9 Å². The molecule has 6 nitrogen and oxygen atoms in total. The summed E-state index contributed by atoms with van der Waals surface area (Å²) in [5, 5.41) is 0. The molecule has 1 fully saturated rings. The van der Waals surface area contributed by atoms with Crippen LogP contribution in [0.4, 0.5) is 5.69 Å². The molecule has 0 bridgehead atoms. The highest BCUT2D eigenvalue weighted by atomic mass is 32.2. The number of aryl methyl sites for hydroxylation is 1. The smallest absolute Gasteiger partial charge is 0.241 e. The summed E-state index contributed by atoms with van der Waals surface area (Å²) in [4.78, 5) is 17.7. The van der Waals surface area contributed by atoms with E-state index in [0.717, 1.165) is 24.2 Å². The third-order valence-corrected chi connectivity index (χ3v) is 8.55. The summed E-state index contributed by atoms with van der Waals surface area (Å²) in [6.07, 6.45) is 0.436. The Hall–Kier alpha value is -2.38. The van der Waals surface area contributed by atoms with E-state index in [2.05, 4.69) is 36.9 Å². The molecular weight excluding hydrogens is 410 g/mol. The van der Waals surface area contributed by atoms with E-state index < -0.39 is 16.1 Å². The first-order chi connectivity index (χ1) is 14.8. The van der Waals surface area contributed by atoms with Crippen molar-refractivity contribution in [2.75, 3.05) is 36.8 Å². The molecule has 2 aliphatic rings. The fourth-order valence-electron chi connectivity index (χ4n) is 4.62. The van der Waals surface area contributed by atoms with Crippen molar-refractivity contribution in [1.29, 1.82) is 0 Å². The first-order valence-corrected chi connectivity index (χ1v) is 12.6. The Balaban J connectivity index is 1.52. The van der Waals surface area contributed by atoms with Crippen molar-refractivity contribution in [1.82, 2.24) is 9.21 Å². The SMILES string of the molecule is CCS(=O)(=O)N1Cc2ccccc2C[C@@H]1C(=O)N1CCN(c2cccc(C)c2C)CC1. The zero-order valence-electron chi connectivity index (χ0n) is 18.5. The number of carbonyl (C=O) groups is 1. The lowest BCUT2D eigenvalue weighted by molar-refractivity contribution is -0.136. The van der Waals surface area contributed by atoms with Crippen LogP contribution in [-0.2, 0) is 27.8 Å². The molecule has 1 amide bonds. The highest BCUT2D eigenvalue weighted by Crippen LogP contribution is 2.28. The monoisotopic (exact) mass is 441 g/mol. The van der Waals surface area contributed by atoms with Gasteiger partial charge in [0.05, 0.1) is 5.75 Å². The first kappa shape index (κ1) is 21.8. The molecule has 1 atom stereocenters. The van der Waals surface area contributed by atoms with E-state index in [9.17, 15) is 13.2 Å². The molecular formula is C24H31N3O3S. The summed E-state index contributed by atoms with van der Waals surface area (Å²) >= 11 is 0. The number of rotatable bonds is 4. The molecule has 166 valence electrons. The van der Waals surface area contributed by atoms with E-state index in [1.54, 1.807) is 6.92 Å². The van der Waals surface area contributed by atoms with Crippen LogP contribution >= 0.6 is 0 Å². The van der Waals surface area contributed by atoms with Crippen LogP contribution in [0.15, 0.2) is 42.5 Å². The fourth-order valence-corrected chi connectivity index (χ4v) is 5.84. The van der Waals surface area contributed by atoms with Gasteiger partial charge in [0.1, 0.15) is 6.04 Å². The van der Waals surface area contributed by atoms with Gasteiger partial charge in [0, 0.05) is 38.4 Å². The van der Waals surface area contributed by atoms with Crippen molar-refractivity contribution in [2.24, 2.45) is 0 Å². The summed E-state index contributed by atoms with van der Waals surface area (Å²) in [7, 11) is -3.49. The van der Waals surface area contributed by atoms with Crippen molar-refractivity contribution < 1.29 is 13.2 Å². The lowest BCUT2D eigenvalue weighted by Gasteiger charge is -2.41. The molecule has 0 aliphatic carbocycles. The van der Waals surface area contributed by atoms with E-state index in [1.807, 2.05) is 29.2 Å². The van der Waals surface area contributed by atoms with Gasteiger partial charge in [0.25, 0.3) is 0 Å². The Morgan fingerprint density at radius 1 is 0.968 bits per heavy atom. The second-order valence-corrected chi connectivity index (χ2v) is 10.7. The Labute approximate surface area is 185 Å². The number of carbonyl (C=O) groups excluding carboxylic acids is 1. The van der Waals surface area contributed by atoms with Crippen molar-refractivity contribution >= 4 is 21.6 Å². The largest absolute Gasteiger partial charge is 0.368 e. The van der Waals surface area contributed by atoms with Crippen molar-refractivity contribution in [3.8, 4) is 0 Å². The van der Waals surface area contributed by atoms with E-state index >= 15 is 0 Å². The summed E-state index contributed by atoms with van der Waals surface area (Å²) in [5.74, 6) is -0.0774. The maximum absolute atomic E-state index is 13.5. The van der Waals surface area contributed by atoms with Crippen LogP contribution in [0.3, 0.4) is 0 Å². The number of piperazine rings is 1. The number of amides is 1. The lowest BCUT2D eigenvalue weighted by Crippen LogP contribution is -2.57. The van der Waals surface area contributed by atoms with Gasteiger partial charge in [-0.3, -0.25) is 4.79 Å². The van der Waals surface area contributed by atoms with E-state index in [-0.39, 0.29) is 18.2 Å². The minimum Gasteiger partial charge on any atom is -0.368 e. The number of nitrogens with zero attached hydrogens (tertiary/aromatic N) is 3. The molecule has 2 heterocycles. The zero-order valence-corrected chi connectivity index (χ0v) is 19.4. The quantitative estimate of drug-likeness (QED) is 0.732. The zero-order chi connectivity index (χ0) is 22.2. The van der Waals surface area contributed by atoms with Gasteiger partial charge in [0.15, 0.2) is 0 Å². The van der Waals surface area contributed by atoms with E-state index in [0.29, 0.717) is 19.5 Å². The molecule has 7 heteroatoms. The normalized spacial score (nSPS) is 19.9. The molecule has 0 radical (unpaired) electrons. The van der Waals surface area contributed by atoms with Crippen molar-refractivity contribution in [2.45, 2.75) is 39.8 Å². The first-order valence-electron chi connectivity index (χ1n) is 11.0. The maximum atomic E-state index is 13.5. The number of sulfonamides is 1. The standard InChI is InChI=1S/C24H31N3O3S/c1-4-31(29,30)27-17-21-10-6-5-9-20(21)16-23(27)24(28)26-14-12-25(13-15-26)22-11-7-8-18(2)19(22)3/h5-11,23H,4,12-17H2,1-3H3/t23-/m1/s1. The minimum atomic E-state index is -3.49. The van der Waals surface area contributed by atoms with E-state index in [4.69, 9.17) is 0 Å². The molecule has 0 unspecified atom stereocenters. The third-order valence-electron chi connectivity index (χ3n) is 6.72. The van der Waals surface area contributed by atoms with E-state index in [1.165, 1.54) is 21.1 Å². The molecule has 2 aromatic rings. The van der Waals surface area contributed by atoms with Gasteiger partial charge >= 0.3 is 0 Å². The Bertz CT molecular complexity index is 1080. The Kier molecular flexibility index (Phi) is 6.08. The number of benzene rings is 2. The van der Waals surface area contributed by atoms with Crippen LogP contribution in [0.25, 0.3) is 0 Å². The number of hydrogen-bond donors (Lipinski definition) is 0. The van der Waals surface area contributed by atoms with Gasteiger partial charge in [-0.05, 0) is 55.5 Å². The summed E-state index contributed by atoms with van der Waals surface area (Å²) in [5.41, 5.74) is 5.80. The maximum Gasteiger partial charge on any atom is 0.241 e. The predicted octanol–water partition coefficient (Wildman–Crippen LogP) is 2.73. The minimum absolute atomic E-state index is 0.000635. The molecule has 2 aromatic carbocycles. The molecule has 31 heavy (non-hydrogen) atoms. The highest BCUT2D eigenvalue weighted by molar-refractivity contribution is 7.89. The lowest BCUT2D eigenvalue weighted by atomic mass is 9.95. The third kappa shape index (κ3) is 4.21. The summed E-state index contributed by atoms with van der Waals surface area (Å²) in [6, 6.07) is 13.5. The average molecular weight is 442 g/mol. The molecule has 2 aliphatic heterocycles. The molecule has 0 spiro atoms. The highest BCUT2D eigenvalue weighted by Gasteiger charge is 2.40. The van der Waals surface area contributed by atoms with Gasteiger partial charge in [-0.2, -0.15) is 4.31 Å². The van der Waals surface area contributed by atoms with Crippen LogP contribution < -0.4 is 4.90 Å². The molecule has 0 N–H and O–H groups in total. The Morgan fingerprint density at radius 3 is 2.32 bits per heavy atom. The molecule has 0 aromatic heterocycles. The van der Waals surface area contributed by atoms with Crippen LogP contribution in [-0.4, -0.2) is 61.5 Å². The number of hydrogen-bond acceptors (Lipinski definition) is 4. The number of anilines is 1.